The third kappa shape index (κ3) is 7.64. The first kappa shape index (κ1) is 15.4. The Morgan fingerprint density at radius 3 is 2.31 bits per heavy atom. The highest BCUT2D eigenvalue weighted by Crippen LogP contribution is 2.19. The van der Waals surface area contributed by atoms with Gasteiger partial charge in [0.25, 0.3) is 0 Å². The number of carboxylic acids is 1. The number of hydrogen-bond donors (Lipinski definition) is 3. The fourth-order valence-electron chi connectivity index (χ4n) is 1.01. The number of hydrogen-bond acceptors (Lipinski definition) is 4. The number of carbonyl (C=O) groups is 1. The van der Waals surface area contributed by atoms with Crippen LogP contribution < -0.4 is 5.73 Å². The molecule has 96 valence electrons. The largest absolute Gasteiger partial charge is 0.480 e. The molecule has 0 aliphatic carbocycles. The summed E-state index contributed by atoms with van der Waals surface area (Å²) in [6.45, 7) is 6.06. The molecule has 1 unspecified atom stereocenters. The maximum absolute atomic E-state index is 11.8. The van der Waals surface area contributed by atoms with Crippen LogP contribution in [0.25, 0.3) is 0 Å². The van der Waals surface area contributed by atoms with Gasteiger partial charge in [-0.3, -0.25) is 9.57 Å². The molecule has 0 radical (unpaired) electrons. The monoisotopic (exact) mass is 250 g/mol. The van der Waals surface area contributed by atoms with Gasteiger partial charge >= 0.3 is 5.97 Å². The smallest absolute Gasteiger partial charge is 0.320 e. The lowest BCUT2D eigenvalue weighted by atomic mass is 9.94. The molecule has 6 heteroatoms. The third-order valence-corrected chi connectivity index (χ3v) is 4.02. The van der Waals surface area contributed by atoms with Crippen LogP contribution in [0, 0.1) is 10.2 Å². The van der Waals surface area contributed by atoms with Crippen LogP contribution in [-0.2, 0) is 14.5 Å². The molecule has 0 fully saturated rings. The minimum absolute atomic E-state index is 0.0403. The summed E-state index contributed by atoms with van der Waals surface area (Å²) < 4.78 is 19.4. The predicted molar refractivity (Wildman–Crippen MR) is 64.9 cm³/mol. The first-order valence-corrected chi connectivity index (χ1v) is 7.16. The molecule has 0 aromatic rings. The molecule has 0 saturated heterocycles. The van der Waals surface area contributed by atoms with Crippen molar-refractivity contribution in [2.45, 2.75) is 39.7 Å². The van der Waals surface area contributed by atoms with Gasteiger partial charge in [-0.05, 0) is 18.3 Å². The van der Waals surface area contributed by atoms with Gasteiger partial charge in [-0.25, -0.2) is 4.21 Å². The van der Waals surface area contributed by atoms with E-state index in [0.717, 1.165) is 0 Å². The van der Waals surface area contributed by atoms with Gasteiger partial charge in [0.1, 0.15) is 6.04 Å². The molecule has 0 aromatic carbocycles. The number of nitrogens with one attached hydrogen (secondary N) is 1. The lowest BCUT2D eigenvalue weighted by molar-refractivity contribution is -0.138. The SMILES string of the molecule is CC(C)(C)CCS(=N)(=O)CC[C@H](N)C(=O)O. The highest BCUT2D eigenvalue weighted by Gasteiger charge is 2.18. The van der Waals surface area contributed by atoms with Gasteiger partial charge in [0, 0.05) is 21.2 Å². The summed E-state index contributed by atoms with van der Waals surface area (Å²) in [4.78, 5) is 10.5. The van der Waals surface area contributed by atoms with Crippen molar-refractivity contribution >= 4 is 15.7 Å². The molecule has 0 aliphatic heterocycles. The normalized spacial score (nSPS) is 17.8. The van der Waals surface area contributed by atoms with E-state index in [4.69, 9.17) is 15.6 Å². The second kappa shape index (κ2) is 5.63. The predicted octanol–water partition coefficient (Wildman–Crippen LogP) is 1.27. The van der Waals surface area contributed by atoms with Crippen LogP contribution in [0.2, 0.25) is 0 Å². The van der Waals surface area contributed by atoms with Crippen LogP contribution in [0.1, 0.15) is 33.6 Å². The van der Waals surface area contributed by atoms with Crippen molar-refractivity contribution in [3.05, 3.63) is 0 Å². The molecule has 4 N–H and O–H groups in total. The first-order valence-electron chi connectivity index (χ1n) is 5.26. The van der Waals surface area contributed by atoms with Crippen LogP contribution in [-0.4, -0.2) is 32.8 Å². The van der Waals surface area contributed by atoms with Crippen molar-refractivity contribution in [1.82, 2.24) is 0 Å². The fraction of sp³-hybridized carbons (Fsp3) is 0.900. The summed E-state index contributed by atoms with van der Waals surface area (Å²) in [7, 11) is -2.69. The quantitative estimate of drug-likeness (QED) is 0.660. The summed E-state index contributed by atoms with van der Waals surface area (Å²) in [6, 6.07) is -1.01. The van der Waals surface area contributed by atoms with Crippen molar-refractivity contribution in [3.8, 4) is 0 Å². The lowest BCUT2D eigenvalue weighted by Gasteiger charge is -2.19. The zero-order chi connectivity index (χ0) is 13.0. The summed E-state index contributed by atoms with van der Waals surface area (Å²) in [6.07, 6.45) is 0.791. The van der Waals surface area contributed by atoms with Gasteiger partial charge in [0.2, 0.25) is 0 Å². The van der Waals surface area contributed by atoms with E-state index in [1.54, 1.807) is 0 Å². The maximum atomic E-state index is 11.8. The van der Waals surface area contributed by atoms with Crippen LogP contribution in [0.15, 0.2) is 0 Å². The highest BCUT2D eigenvalue weighted by molar-refractivity contribution is 7.92. The number of nitrogens with two attached hydrogens (primary N) is 1. The van der Waals surface area contributed by atoms with E-state index in [1.807, 2.05) is 20.8 Å². The molecule has 5 nitrogen and oxygen atoms in total. The minimum Gasteiger partial charge on any atom is -0.480 e. The summed E-state index contributed by atoms with van der Waals surface area (Å²) >= 11 is 0. The molecule has 0 aliphatic rings. The highest BCUT2D eigenvalue weighted by atomic mass is 32.2. The Labute approximate surface area is 97.4 Å². The van der Waals surface area contributed by atoms with E-state index in [2.05, 4.69) is 0 Å². The minimum atomic E-state index is -2.69. The van der Waals surface area contributed by atoms with Crippen molar-refractivity contribution in [1.29, 1.82) is 4.78 Å². The first-order chi connectivity index (χ1) is 7.03. The van der Waals surface area contributed by atoms with Gasteiger partial charge in [-0.1, -0.05) is 20.8 Å². The second-order valence-electron chi connectivity index (χ2n) is 5.26. The topological polar surface area (TPSA) is 104 Å². The molecule has 0 saturated carbocycles. The Morgan fingerprint density at radius 1 is 1.44 bits per heavy atom. The number of aliphatic carboxylic acids is 1. The maximum Gasteiger partial charge on any atom is 0.320 e. The Bertz CT molecular complexity index is 330. The van der Waals surface area contributed by atoms with E-state index < -0.39 is 21.7 Å². The molecular formula is C10H22N2O3S. The molecule has 16 heavy (non-hydrogen) atoms. The van der Waals surface area contributed by atoms with Crippen molar-refractivity contribution < 1.29 is 14.1 Å². The molecule has 0 rings (SSSR count). The van der Waals surface area contributed by atoms with E-state index >= 15 is 0 Å². The van der Waals surface area contributed by atoms with Crippen LogP contribution in [0.5, 0.6) is 0 Å². The zero-order valence-corrected chi connectivity index (χ0v) is 11.0. The van der Waals surface area contributed by atoms with Crippen molar-refractivity contribution in [2.75, 3.05) is 11.5 Å². The summed E-state index contributed by atoms with van der Waals surface area (Å²) in [5, 5.41) is 8.56. The molecule has 0 amide bonds. The van der Waals surface area contributed by atoms with Crippen molar-refractivity contribution in [3.63, 3.8) is 0 Å². The van der Waals surface area contributed by atoms with Gasteiger partial charge in [0.05, 0.1) is 0 Å². The third-order valence-electron chi connectivity index (χ3n) is 2.26. The molecule has 0 spiro atoms. The average molecular weight is 250 g/mol. The average Bonchev–Trinajstić information content (AvgIpc) is 2.10. The van der Waals surface area contributed by atoms with Gasteiger partial charge < -0.3 is 10.8 Å². The van der Waals surface area contributed by atoms with Gasteiger partial charge in [-0.15, -0.1) is 0 Å². The Balaban J connectivity index is 4.12. The van der Waals surface area contributed by atoms with E-state index in [0.29, 0.717) is 12.2 Å². The van der Waals surface area contributed by atoms with Crippen LogP contribution >= 0.6 is 0 Å². The van der Waals surface area contributed by atoms with Gasteiger partial charge in [0.15, 0.2) is 0 Å². The van der Waals surface area contributed by atoms with Crippen LogP contribution in [0.3, 0.4) is 0 Å². The molecule has 2 atom stereocenters. The molecular weight excluding hydrogens is 228 g/mol. The van der Waals surface area contributed by atoms with Gasteiger partial charge in [-0.2, -0.15) is 0 Å². The zero-order valence-electron chi connectivity index (χ0n) is 10.2. The van der Waals surface area contributed by atoms with Crippen molar-refractivity contribution in [2.24, 2.45) is 11.1 Å². The van der Waals surface area contributed by atoms with E-state index in [9.17, 15) is 9.00 Å². The summed E-state index contributed by atoms with van der Waals surface area (Å²) in [5.41, 5.74) is 5.34. The molecule has 0 heterocycles. The van der Waals surface area contributed by atoms with Crippen LogP contribution in [0.4, 0.5) is 0 Å². The Morgan fingerprint density at radius 2 is 1.94 bits per heavy atom. The second-order valence-corrected chi connectivity index (χ2v) is 7.70. The molecule has 0 aromatic heterocycles. The Kier molecular flexibility index (Phi) is 5.41. The van der Waals surface area contributed by atoms with E-state index in [-0.39, 0.29) is 17.6 Å². The Hall–Kier alpha value is -0.620. The number of carboxylic acid groups (broad SMARTS) is 1. The van der Waals surface area contributed by atoms with E-state index in [1.165, 1.54) is 0 Å². The number of rotatable bonds is 6. The lowest BCUT2D eigenvalue weighted by Crippen LogP contribution is -2.32. The summed E-state index contributed by atoms with van der Waals surface area (Å²) in [5.74, 6) is -0.731. The fourth-order valence-corrected chi connectivity index (χ4v) is 2.79. The standard InChI is InChI=1S/C10H22N2O3S/c1-10(2,3)5-7-16(12,15)6-4-8(11)9(13)14/h8,12H,4-7,11H2,1-3H3,(H,13,14)/t8-,16?/m0/s1. The molecule has 0 bridgehead atoms.